The van der Waals surface area contributed by atoms with Crippen LogP contribution in [0.1, 0.15) is 44.5 Å². The first-order valence-corrected chi connectivity index (χ1v) is 26.0. The summed E-state index contributed by atoms with van der Waals surface area (Å²) in [7, 11) is 0. The molecule has 3 heteroatoms. The third kappa shape index (κ3) is 6.00. The molecule has 73 heavy (non-hydrogen) atoms. The number of aromatic nitrogens is 2. The summed E-state index contributed by atoms with van der Waals surface area (Å²) >= 11 is 1.89. The predicted octanol–water partition coefficient (Wildman–Crippen LogP) is 17.5. The van der Waals surface area contributed by atoms with Crippen LogP contribution in [0.4, 0.5) is 0 Å². The molecular formula is C70H44N2S. The van der Waals surface area contributed by atoms with Crippen LogP contribution in [0.15, 0.2) is 277 Å². The molecule has 2 spiro atoms. The summed E-state index contributed by atoms with van der Waals surface area (Å²) in [5, 5.41) is 2.34. The minimum absolute atomic E-state index is 0.491. The van der Waals surface area contributed by atoms with E-state index in [1.54, 1.807) is 0 Å². The standard InChI is InChI=1S/C70H44N2S/c1-3-21-45(22-4-1)49-40-41-55(51-27-9-8-26-50(49)51)65-44-64(71-68(72-65)46-23-5-2-6-24-46)54-30-10-7-25-48(54)47-39-42-63-67(43-47)73-66-38-20-19-37-62(66)70(63)60-35-17-15-33-58(60)69(59-34-16-18-36-61(59)70)56-31-13-11-28-52(56)53-29-12-14-32-57(53)69/h1-44H. The minimum Gasteiger partial charge on any atom is -0.228 e. The van der Waals surface area contributed by atoms with Crippen molar-refractivity contribution in [3.05, 3.63) is 311 Å². The lowest BCUT2D eigenvalue weighted by Gasteiger charge is -2.51. The molecule has 0 fully saturated rings. The van der Waals surface area contributed by atoms with Crippen LogP contribution in [0.5, 0.6) is 0 Å². The highest BCUT2D eigenvalue weighted by molar-refractivity contribution is 7.99. The Morgan fingerprint density at radius 3 is 1.29 bits per heavy atom. The van der Waals surface area contributed by atoms with Crippen molar-refractivity contribution in [1.29, 1.82) is 0 Å². The molecule has 12 aromatic rings. The molecule has 2 heterocycles. The molecule has 3 aliphatic rings. The van der Waals surface area contributed by atoms with Crippen molar-refractivity contribution in [3.63, 3.8) is 0 Å². The Hall–Kier alpha value is -8.89. The predicted molar refractivity (Wildman–Crippen MR) is 300 cm³/mol. The maximum atomic E-state index is 5.42. The van der Waals surface area contributed by atoms with Gasteiger partial charge in [-0.1, -0.05) is 260 Å². The van der Waals surface area contributed by atoms with Crippen LogP contribution in [0.25, 0.3) is 78.1 Å². The molecule has 0 saturated carbocycles. The largest absolute Gasteiger partial charge is 0.228 e. The Labute approximate surface area is 429 Å². The van der Waals surface area contributed by atoms with Crippen molar-refractivity contribution >= 4 is 22.5 Å². The molecule has 0 bridgehead atoms. The average Bonchev–Trinajstić information content (AvgIpc) is 3.76. The van der Waals surface area contributed by atoms with Gasteiger partial charge in [-0.15, -0.1) is 0 Å². The number of hydrogen-bond donors (Lipinski definition) is 0. The monoisotopic (exact) mass is 944 g/mol. The van der Waals surface area contributed by atoms with Crippen LogP contribution in [0, 0.1) is 0 Å². The maximum Gasteiger partial charge on any atom is 0.160 e. The van der Waals surface area contributed by atoms with E-state index in [0.29, 0.717) is 5.82 Å². The average molecular weight is 945 g/mol. The zero-order valence-electron chi connectivity index (χ0n) is 39.7. The third-order valence-electron chi connectivity index (χ3n) is 15.9. The number of hydrogen-bond acceptors (Lipinski definition) is 3. The molecular weight excluding hydrogens is 901 g/mol. The van der Waals surface area contributed by atoms with Gasteiger partial charge in [-0.3, -0.25) is 0 Å². The molecule has 0 radical (unpaired) electrons. The lowest BCUT2D eigenvalue weighted by molar-refractivity contribution is 0.606. The van der Waals surface area contributed by atoms with Crippen LogP contribution < -0.4 is 0 Å². The summed E-state index contributed by atoms with van der Waals surface area (Å²) < 4.78 is 0. The van der Waals surface area contributed by atoms with Crippen molar-refractivity contribution in [3.8, 4) is 67.3 Å². The van der Waals surface area contributed by atoms with Gasteiger partial charge in [0.05, 0.1) is 22.2 Å². The lowest BCUT2D eigenvalue weighted by Crippen LogP contribution is -2.45. The van der Waals surface area contributed by atoms with E-state index in [2.05, 4.69) is 261 Å². The molecule has 0 amide bonds. The zero-order chi connectivity index (χ0) is 48.1. The first-order chi connectivity index (χ1) is 36.2. The molecule has 1 aliphatic heterocycles. The summed E-state index contributed by atoms with van der Waals surface area (Å²) in [5.41, 5.74) is 21.7. The van der Waals surface area contributed by atoms with Gasteiger partial charge in [0, 0.05) is 26.5 Å². The molecule has 340 valence electrons. The summed E-state index contributed by atoms with van der Waals surface area (Å²) in [5.74, 6) is 0.693. The van der Waals surface area contributed by atoms with E-state index in [9.17, 15) is 0 Å². The summed E-state index contributed by atoms with van der Waals surface area (Å²) in [6, 6.07) is 98.4. The van der Waals surface area contributed by atoms with Crippen molar-refractivity contribution < 1.29 is 0 Å². The van der Waals surface area contributed by atoms with E-state index in [1.807, 2.05) is 17.8 Å². The number of benzene rings is 11. The Bertz CT molecular complexity index is 4100. The van der Waals surface area contributed by atoms with Gasteiger partial charge in [-0.25, -0.2) is 9.97 Å². The van der Waals surface area contributed by atoms with Gasteiger partial charge >= 0.3 is 0 Å². The van der Waals surface area contributed by atoms with Crippen LogP contribution >= 0.6 is 11.8 Å². The van der Waals surface area contributed by atoms with Gasteiger partial charge in [-0.2, -0.15) is 0 Å². The van der Waals surface area contributed by atoms with E-state index < -0.39 is 10.8 Å². The number of nitrogens with zero attached hydrogens (tertiary/aromatic N) is 2. The van der Waals surface area contributed by atoms with Crippen molar-refractivity contribution in [1.82, 2.24) is 9.97 Å². The van der Waals surface area contributed by atoms with Crippen molar-refractivity contribution in [2.75, 3.05) is 0 Å². The number of rotatable bonds is 5. The lowest BCUT2D eigenvalue weighted by atomic mass is 9.51. The normalized spacial score (nSPS) is 13.9. The minimum atomic E-state index is -0.592. The Morgan fingerprint density at radius 2 is 0.671 bits per heavy atom. The van der Waals surface area contributed by atoms with Gasteiger partial charge in [0.25, 0.3) is 0 Å². The van der Waals surface area contributed by atoms with Crippen LogP contribution in [0.3, 0.4) is 0 Å². The maximum absolute atomic E-state index is 5.42. The topological polar surface area (TPSA) is 25.8 Å². The first-order valence-electron chi connectivity index (χ1n) is 25.1. The quantitative estimate of drug-likeness (QED) is 0.172. The fourth-order valence-corrected chi connectivity index (χ4v) is 14.2. The molecule has 1 aromatic heterocycles. The molecule has 0 atom stereocenters. The molecule has 0 unspecified atom stereocenters. The van der Waals surface area contributed by atoms with E-state index >= 15 is 0 Å². The van der Waals surface area contributed by atoms with Crippen molar-refractivity contribution in [2.45, 2.75) is 20.6 Å². The fourth-order valence-electron chi connectivity index (χ4n) is 13.0. The van der Waals surface area contributed by atoms with Crippen molar-refractivity contribution in [2.24, 2.45) is 0 Å². The highest BCUT2D eigenvalue weighted by atomic mass is 32.2. The Morgan fingerprint density at radius 1 is 0.247 bits per heavy atom. The fraction of sp³-hybridized carbons (Fsp3) is 0.0286. The summed E-state index contributed by atoms with van der Waals surface area (Å²) in [4.78, 5) is 13.3. The van der Waals surface area contributed by atoms with Gasteiger partial charge in [0.2, 0.25) is 0 Å². The van der Waals surface area contributed by atoms with Gasteiger partial charge in [-0.05, 0) is 107 Å². The van der Waals surface area contributed by atoms with Gasteiger partial charge < -0.3 is 0 Å². The highest BCUT2D eigenvalue weighted by Crippen LogP contribution is 2.67. The zero-order valence-corrected chi connectivity index (χ0v) is 40.5. The SMILES string of the molecule is c1ccc(-c2nc(-c3ccccc3-c3ccc4c(c3)Sc3ccccc3C43c4ccccc4C4(c5ccccc5-c5ccccc54)c4ccccc43)cc(-c3ccc(-c4ccccc4)c4ccccc34)n2)cc1. The van der Waals surface area contributed by atoms with Crippen LogP contribution in [0.2, 0.25) is 0 Å². The Balaban J connectivity index is 0.935. The van der Waals surface area contributed by atoms with E-state index in [0.717, 1.165) is 44.6 Å². The number of fused-ring (bicyclic) bond motifs is 16. The second-order valence-electron chi connectivity index (χ2n) is 19.4. The van der Waals surface area contributed by atoms with E-state index in [1.165, 1.54) is 81.9 Å². The third-order valence-corrected chi connectivity index (χ3v) is 17.0. The van der Waals surface area contributed by atoms with E-state index in [4.69, 9.17) is 9.97 Å². The first kappa shape index (κ1) is 41.9. The molecule has 11 aromatic carbocycles. The van der Waals surface area contributed by atoms with E-state index in [-0.39, 0.29) is 0 Å². The highest BCUT2D eigenvalue weighted by Gasteiger charge is 2.58. The van der Waals surface area contributed by atoms with Crippen LogP contribution in [-0.4, -0.2) is 9.97 Å². The van der Waals surface area contributed by atoms with Gasteiger partial charge in [0.1, 0.15) is 0 Å². The molecule has 0 N–H and O–H groups in total. The summed E-state index contributed by atoms with van der Waals surface area (Å²) in [6.07, 6.45) is 0. The smallest absolute Gasteiger partial charge is 0.160 e. The molecule has 15 rings (SSSR count). The second kappa shape index (κ2) is 16.3. The Kier molecular flexibility index (Phi) is 9.36. The second-order valence-corrected chi connectivity index (χ2v) is 20.5. The molecule has 2 nitrogen and oxygen atoms in total. The summed E-state index contributed by atoms with van der Waals surface area (Å²) in [6.45, 7) is 0. The molecule has 0 saturated heterocycles. The molecule has 2 aliphatic carbocycles. The van der Waals surface area contributed by atoms with Crippen LogP contribution in [-0.2, 0) is 10.8 Å². The van der Waals surface area contributed by atoms with Gasteiger partial charge in [0.15, 0.2) is 5.82 Å².